The van der Waals surface area contributed by atoms with Crippen LogP contribution in [-0.4, -0.2) is 41.2 Å². The van der Waals surface area contributed by atoms with E-state index in [1.165, 1.54) is 6.26 Å². The largest absolute Gasteiger partial charge is 0.504 e. The summed E-state index contributed by atoms with van der Waals surface area (Å²) >= 11 is 0. The highest BCUT2D eigenvalue weighted by molar-refractivity contribution is 5.71. The molecule has 5 heteroatoms. The smallest absolute Gasteiger partial charge is 0.317 e. The molecule has 2 rings (SSSR count). The summed E-state index contributed by atoms with van der Waals surface area (Å²) in [6, 6.07) is 9.58. The van der Waals surface area contributed by atoms with Crippen molar-refractivity contribution in [1.29, 1.82) is 0 Å². The highest BCUT2D eigenvalue weighted by Gasteiger charge is 2.15. The summed E-state index contributed by atoms with van der Waals surface area (Å²) in [5.41, 5.74) is 1.63. The van der Waals surface area contributed by atoms with Crippen molar-refractivity contribution in [2.75, 3.05) is 20.1 Å². The Hall–Kier alpha value is -2.27. The summed E-state index contributed by atoms with van der Waals surface area (Å²) in [5.74, 6) is 0.0237. The lowest BCUT2D eigenvalue weighted by Gasteiger charge is -2.13. The summed E-state index contributed by atoms with van der Waals surface area (Å²) in [4.78, 5) is 12.3. The molecule has 1 heterocycles. The Morgan fingerprint density at radius 3 is 2.67 bits per heavy atom. The Balaban J connectivity index is 2.00. The van der Waals surface area contributed by atoms with Crippen molar-refractivity contribution >= 4 is 5.97 Å². The van der Waals surface area contributed by atoms with Gasteiger partial charge in [-0.15, -0.1) is 0 Å². The van der Waals surface area contributed by atoms with Crippen LogP contribution in [0.25, 0.3) is 11.1 Å². The fourth-order valence-electron chi connectivity index (χ4n) is 2.30. The minimum Gasteiger partial charge on any atom is -0.504 e. The minimum atomic E-state index is -0.835. The Bertz CT molecular complexity index is 592. The molecule has 2 aromatic rings. The molecule has 0 saturated carbocycles. The first-order valence-corrected chi connectivity index (χ1v) is 6.83. The number of aryl methyl sites for hydroxylation is 1. The van der Waals surface area contributed by atoms with Crippen molar-refractivity contribution in [1.82, 2.24) is 4.90 Å². The minimum absolute atomic E-state index is 0.0228. The Morgan fingerprint density at radius 1 is 1.29 bits per heavy atom. The lowest BCUT2D eigenvalue weighted by molar-refractivity contribution is -0.137. The number of aliphatic carboxylic acids is 1. The van der Waals surface area contributed by atoms with Crippen LogP contribution in [0.15, 0.2) is 41.0 Å². The second-order valence-electron chi connectivity index (χ2n) is 5.02. The van der Waals surface area contributed by atoms with Gasteiger partial charge in [0.1, 0.15) is 12.0 Å². The van der Waals surface area contributed by atoms with Crippen LogP contribution in [0.4, 0.5) is 0 Å². The van der Waals surface area contributed by atoms with Gasteiger partial charge in [-0.2, -0.15) is 0 Å². The zero-order chi connectivity index (χ0) is 15.2. The molecule has 0 aliphatic rings. The predicted octanol–water partition coefficient (Wildman–Crippen LogP) is 2.60. The third-order valence-corrected chi connectivity index (χ3v) is 3.26. The molecule has 1 aromatic heterocycles. The van der Waals surface area contributed by atoms with Crippen molar-refractivity contribution in [3.8, 4) is 16.9 Å². The van der Waals surface area contributed by atoms with Crippen LogP contribution in [-0.2, 0) is 11.2 Å². The number of nitrogens with zero attached hydrogens (tertiary/aromatic N) is 1. The Labute approximate surface area is 123 Å². The van der Waals surface area contributed by atoms with Gasteiger partial charge in [-0.25, -0.2) is 0 Å². The molecule has 0 aliphatic heterocycles. The monoisotopic (exact) mass is 289 g/mol. The number of hydrogen-bond acceptors (Lipinski definition) is 4. The van der Waals surface area contributed by atoms with Crippen LogP contribution in [0.2, 0.25) is 0 Å². The lowest BCUT2D eigenvalue weighted by atomic mass is 10.0. The lowest BCUT2D eigenvalue weighted by Crippen LogP contribution is -2.26. The molecule has 0 fully saturated rings. The van der Waals surface area contributed by atoms with Gasteiger partial charge >= 0.3 is 5.97 Å². The van der Waals surface area contributed by atoms with Crippen molar-refractivity contribution in [3.63, 3.8) is 0 Å². The van der Waals surface area contributed by atoms with E-state index in [1.807, 2.05) is 30.3 Å². The molecular formula is C16H19NO4. The molecule has 0 atom stereocenters. The van der Waals surface area contributed by atoms with Crippen molar-refractivity contribution in [2.24, 2.45) is 0 Å². The average molecular weight is 289 g/mol. The summed E-state index contributed by atoms with van der Waals surface area (Å²) < 4.78 is 5.43. The first-order chi connectivity index (χ1) is 10.1. The van der Waals surface area contributed by atoms with Gasteiger partial charge in [-0.05, 0) is 25.6 Å². The van der Waals surface area contributed by atoms with Crippen LogP contribution in [0.3, 0.4) is 0 Å². The molecule has 0 unspecified atom stereocenters. The normalized spacial score (nSPS) is 11.0. The molecule has 0 bridgehead atoms. The zero-order valence-electron chi connectivity index (χ0n) is 12.0. The van der Waals surface area contributed by atoms with E-state index in [2.05, 4.69) is 0 Å². The van der Waals surface area contributed by atoms with Crippen LogP contribution in [0.1, 0.15) is 12.2 Å². The maximum atomic E-state index is 10.6. The van der Waals surface area contributed by atoms with Gasteiger partial charge < -0.3 is 14.6 Å². The number of rotatable bonds is 7. The fraction of sp³-hybridized carbons (Fsp3) is 0.312. The van der Waals surface area contributed by atoms with Gasteiger partial charge in [-0.3, -0.25) is 9.69 Å². The number of furan rings is 1. The Morgan fingerprint density at radius 2 is 2.00 bits per heavy atom. The highest BCUT2D eigenvalue weighted by atomic mass is 16.4. The maximum Gasteiger partial charge on any atom is 0.317 e. The van der Waals surface area contributed by atoms with E-state index in [4.69, 9.17) is 9.52 Å². The second-order valence-corrected chi connectivity index (χ2v) is 5.02. The molecule has 0 amide bonds. The second kappa shape index (κ2) is 6.95. The highest BCUT2D eigenvalue weighted by Crippen LogP contribution is 2.34. The van der Waals surface area contributed by atoms with Gasteiger partial charge in [0.2, 0.25) is 0 Å². The standard InChI is InChI=1S/C16H19NO4/c1-17(10-15(19)20)9-5-8-14-16(13(18)11-21-14)12-6-3-2-4-7-12/h2-4,6-7,11,18H,5,8-10H2,1H3,(H,19,20). The Kier molecular flexibility index (Phi) is 5.00. The van der Waals surface area contributed by atoms with Gasteiger partial charge in [0.25, 0.3) is 0 Å². The summed E-state index contributed by atoms with van der Waals surface area (Å²) in [6.45, 7) is 0.678. The van der Waals surface area contributed by atoms with Crippen molar-refractivity contribution in [3.05, 3.63) is 42.4 Å². The van der Waals surface area contributed by atoms with Gasteiger partial charge in [0, 0.05) is 6.42 Å². The number of carbonyl (C=O) groups is 1. The van der Waals surface area contributed by atoms with E-state index in [-0.39, 0.29) is 12.3 Å². The number of carboxylic acid groups (broad SMARTS) is 1. The number of hydrogen-bond donors (Lipinski definition) is 2. The number of carboxylic acids is 1. The van der Waals surface area contributed by atoms with Gasteiger partial charge in [-0.1, -0.05) is 30.3 Å². The number of aromatic hydroxyl groups is 1. The first-order valence-electron chi connectivity index (χ1n) is 6.83. The summed E-state index contributed by atoms with van der Waals surface area (Å²) in [7, 11) is 1.77. The van der Waals surface area contributed by atoms with Crippen molar-refractivity contribution < 1.29 is 19.4 Å². The molecule has 112 valence electrons. The molecule has 0 radical (unpaired) electrons. The van der Waals surface area contributed by atoms with Crippen LogP contribution in [0, 0.1) is 0 Å². The van der Waals surface area contributed by atoms with Gasteiger partial charge in [0.05, 0.1) is 12.1 Å². The third kappa shape index (κ3) is 4.10. The van der Waals surface area contributed by atoms with E-state index in [9.17, 15) is 9.90 Å². The quantitative estimate of drug-likeness (QED) is 0.819. The van der Waals surface area contributed by atoms with Gasteiger partial charge in [0.15, 0.2) is 5.75 Å². The number of likely N-dealkylation sites (N-methyl/N-ethyl adjacent to an activating group) is 1. The van der Waals surface area contributed by atoms with E-state index >= 15 is 0 Å². The summed E-state index contributed by atoms with van der Waals surface area (Å²) in [5, 5.41) is 18.6. The summed E-state index contributed by atoms with van der Waals surface area (Å²) in [6.07, 6.45) is 2.75. The first kappa shape index (κ1) is 15.1. The van der Waals surface area contributed by atoms with E-state index in [0.717, 1.165) is 23.3 Å². The number of benzene rings is 1. The zero-order valence-corrected chi connectivity index (χ0v) is 12.0. The third-order valence-electron chi connectivity index (χ3n) is 3.26. The molecule has 0 aliphatic carbocycles. The molecular weight excluding hydrogens is 270 g/mol. The molecule has 0 spiro atoms. The van der Waals surface area contributed by atoms with Crippen LogP contribution in [0.5, 0.6) is 5.75 Å². The van der Waals surface area contributed by atoms with E-state index in [0.29, 0.717) is 13.0 Å². The van der Waals surface area contributed by atoms with E-state index < -0.39 is 5.97 Å². The topological polar surface area (TPSA) is 73.9 Å². The fourth-order valence-corrected chi connectivity index (χ4v) is 2.30. The predicted molar refractivity (Wildman–Crippen MR) is 79.3 cm³/mol. The average Bonchev–Trinajstić information content (AvgIpc) is 2.80. The van der Waals surface area contributed by atoms with Crippen molar-refractivity contribution in [2.45, 2.75) is 12.8 Å². The maximum absolute atomic E-state index is 10.6. The van der Waals surface area contributed by atoms with Crippen LogP contribution >= 0.6 is 0 Å². The van der Waals surface area contributed by atoms with Crippen LogP contribution < -0.4 is 0 Å². The molecule has 21 heavy (non-hydrogen) atoms. The molecule has 5 nitrogen and oxygen atoms in total. The molecule has 1 aromatic carbocycles. The molecule has 0 saturated heterocycles. The molecule has 2 N–H and O–H groups in total. The van der Waals surface area contributed by atoms with E-state index in [1.54, 1.807) is 11.9 Å². The SMILES string of the molecule is CN(CCCc1occ(O)c1-c1ccccc1)CC(=O)O.